The van der Waals surface area contributed by atoms with Gasteiger partial charge in [-0.25, -0.2) is 0 Å². The highest BCUT2D eigenvalue weighted by Crippen LogP contribution is 2.32. The highest BCUT2D eigenvalue weighted by molar-refractivity contribution is 5.92. The van der Waals surface area contributed by atoms with Crippen LogP contribution in [0.1, 0.15) is 41.7 Å². The van der Waals surface area contributed by atoms with Crippen LogP contribution in [0.5, 0.6) is 0 Å². The van der Waals surface area contributed by atoms with Gasteiger partial charge in [-0.05, 0) is 63.0 Å². The number of carbonyl (C=O) groups excluding carboxylic acids is 1. The van der Waals surface area contributed by atoms with Gasteiger partial charge in [-0.2, -0.15) is 13.2 Å². The van der Waals surface area contributed by atoms with Gasteiger partial charge in [0.05, 0.1) is 6.54 Å². The molecule has 3 rings (SSSR count). The number of piperidine rings is 1. The molecule has 6 nitrogen and oxygen atoms in total. The lowest BCUT2D eigenvalue weighted by atomic mass is 9.97. The van der Waals surface area contributed by atoms with Gasteiger partial charge in [0.1, 0.15) is 0 Å². The molecule has 1 aliphatic heterocycles. The van der Waals surface area contributed by atoms with Crippen LogP contribution in [0.15, 0.2) is 22.6 Å². The summed E-state index contributed by atoms with van der Waals surface area (Å²) in [6, 6.07) is 5.85. The van der Waals surface area contributed by atoms with E-state index in [9.17, 15) is 18.0 Å². The molecule has 9 heteroatoms. The number of alkyl halides is 3. The van der Waals surface area contributed by atoms with Gasteiger partial charge in [-0.1, -0.05) is 6.07 Å². The first-order valence-corrected chi connectivity index (χ1v) is 8.72. The minimum atomic E-state index is -4.63. The molecule has 0 aliphatic carbocycles. The molecule has 1 saturated heterocycles. The van der Waals surface area contributed by atoms with Crippen molar-refractivity contribution in [3.05, 3.63) is 41.1 Å². The van der Waals surface area contributed by atoms with Gasteiger partial charge in [0.25, 0.3) is 0 Å². The number of anilines is 1. The van der Waals surface area contributed by atoms with Crippen molar-refractivity contribution in [3.63, 3.8) is 0 Å². The van der Waals surface area contributed by atoms with E-state index < -0.39 is 12.1 Å². The Bertz CT molecular complexity index is 791. The number of likely N-dealkylation sites (tertiary alicyclic amines) is 1. The molecule has 1 aliphatic rings. The summed E-state index contributed by atoms with van der Waals surface area (Å²) in [4.78, 5) is 14.2. The van der Waals surface area contributed by atoms with E-state index in [1.807, 2.05) is 36.9 Å². The van der Waals surface area contributed by atoms with Gasteiger partial charge in [-0.15, -0.1) is 10.2 Å². The number of benzene rings is 1. The van der Waals surface area contributed by atoms with Crippen molar-refractivity contribution >= 4 is 11.6 Å². The standard InChI is InChI=1S/C18H21F3N4O2/c1-11-7-12(2)9-14(8-11)22-15(26)10-25-5-3-13(4-6-25)16-23-24-17(27-16)18(19,20)21/h7-9,13H,3-6,10H2,1-2H3,(H,22,26). The molecule has 146 valence electrons. The van der Waals surface area contributed by atoms with E-state index >= 15 is 0 Å². The topological polar surface area (TPSA) is 71.3 Å². The number of halogens is 3. The molecule has 1 aromatic heterocycles. The minimum Gasteiger partial charge on any atom is -0.417 e. The molecule has 0 unspecified atom stereocenters. The summed E-state index contributed by atoms with van der Waals surface area (Å²) in [5.74, 6) is -1.63. The largest absolute Gasteiger partial charge is 0.470 e. The van der Waals surface area contributed by atoms with Crippen molar-refractivity contribution in [1.82, 2.24) is 15.1 Å². The van der Waals surface area contributed by atoms with E-state index in [0.29, 0.717) is 25.9 Å². The Hall–Kier alpha value is -2.42. The molecule has 1 amide bonds. The van der Waals surface area contributed by atoms with Crippen LogP contribution in [-0.4, -0.2) is 40.6 Å². The average Bonchev–Trinajstić information content (AvgIpc) is 3.04. The smallest absolute Gasteiger partial charge is 0.417 e. The zero-order valence-corrected chi connectivity index (χ0v) is 15.1. The van der Waals surface area contributed by atoms with Crippen molar-refractivity contribution in [1.29, 1.82) is 0 Å². The van der Waals surface area contributed by atoms with E-state index in [0.717, 1.165) is 16.8 Å². The maximum absolute atomic E-state index is 12.6. The van der Waals surface area contributed by atoms with Gasteiger partial charge in [0.15, 0.2) is 0 Å². The van der Waals surface area contributed by atoms with Crippen LogP contribution < -0.4 is 5.32 Å². The van der Waals surface area contributed by atoms with E-state index in [1.165, 1.54) is 0 Å². The molecule has 2 aromatic rings. The Morgan fingerprint density at radius 2 is 1.81 bits per heavy atom. The quantitative estimate of drug-likeness (QED) is 0.876. The van der Waals surface area contributed by atoms with Crippen molar-refractivity contribution in [2.75, 3.05) is 25.0 Å². The van der Waals surface area contributed by atoms with Crippen molar-refractivity contribution in [3.8, 4) is 0 Å². The number of hydrogen-bond donors (Lipinski definition) is 1. The molecule has 1 fully saturated rings. The van der Waals surface area contributed by atoms with Crippen LogP contribution >= 0.6 is 0 Å². The van der Waals surface area contributed by atoms with Crippen LogP contribution in [0.3, 0.4) is 0 Å². The highest BCUT2D eigenvalue weighted by Gasteiger charge is 2.39. The molecule has 1 N–H and O–H groups in total. The van der Waals surface area contributed by atoms with Crippen molar-refractivity contribution < 1.29 is 22.4 Å². The zero-order chi connectivity index (χ0) is 19.6. The predicted octanol–water partition coefficient (Wildman–Crippen LogP) is 3.52. The van der Waals surface area contributed by atoms with Gasteiger partial charge in [-0.3, -0.25) is 9.69 Å². The first-order chi connectivity index (χ1) is 12.7. The Morgan fingerprint density at radius 3 is 2.37 bits per heavy atom. The third-order valence-corrected chi connectivity index (χ3v) is 4.49. The molecule has 0 atom stereocenters. The summed E-state index contributed by atoms with van der Waals surface area (Å²) in [6.07, 6.45) is -3.50. The summed E-state index contributed by atoms with van der Waals surface area (Å²) >= 11 is 0. The normalized spacial score (nSPS) is 16.5. The van der Waals surface area contributed by atoms with Gasteiger partial charge in [0.2, 0.25) is 11.8 Å². The number of nitrogens with one attached hydrogen (secondary N) is 1. The second kappa shape index (κ2) is 7.67. The second-order valence-electron chi connectivity index (χ2n) is 6.92. The van der Waals surface area contributed by atoms with E-state index in [-0.39, 0.29) is 24.3 Å². The maximum Gasteiger partial charge on any atom is 0.470 e. The van der Waals surface area contributed by atoms with Crippen molar-refractivity contribution in [2.24, 2.45) is 0 Å². The number of aryl methyl sites for hydroxylation is 2. The Kier molecular flexibility index (Phi) is 5.50. The Balaban J connectivity index is 1.50. The molecule has 1 aromatic carbocycles. The second-order valence-corrected chi connectivity index (χ2v) is 6.92. The zero-order valence-electron chi connectivity index (χ0n) is 15.1. The summed E-state index contributed by atoms with van der Waals surface area (Å²) in [7, 11) is 0. The molecular weight excluding hydrogens is 361 g/mol. The first-order valence-electron chi connectivity index (χ1n) is 8.72. The van der Waals surface area contributed by atoms with E-state index in [2.05, 4.69) is 15.5 Å². The SMILES string of the molecule is Cc1cc(C)cc(NC(=O)CN2CCC(c3nnc(C(F)(F)F)o3)CC2)c1. The molecular formula is C18H21F3N4O2. The lowest BCUT2D eigenvalue weighted by molar-refractivity contribution is -0.157. The predicted molar refractivity (Wildman–Crippen MR) is 92.3 cm³/mol. The van der Waals surface area contributed by atoms with E-state index in [4.69, 9.17) is 4.42 Å². The molecule has 2 heterocycles. The fourth-order valence-electron chi connectivity index (χ4n) is 3.30. The van der Waals surface area contributed by atoms with Gasteiger partial charge in [0, 0.05) is 11.6 Å². The number of hydrogen-bond acceptors (Lipinski definition) is 5. The van der Waals surface area contributed by atoms with E-state index in [1.54, 1.807) is 0 Å². The number of aromatic nitrogens is 2. The average molecular weight is 382 g/mol. The monoisotopic (exact) mass is 382 g/mol. The number of carbonyl (C=O) groups is 1. The Labute approximate surface area is 154 Å². The summed E-state index contributed by atoms with van der Waals surface area (Å²) < 4.78 is 42.4. The lowest BCUT2D eigenvalue weighted by Gasteiger charge is -2.29. The van der Waals surface area contributed by atoms with Gasteiger partial charge >= 0.3 is 12.1 Å². The van der Waals surface area contributed by atoms with Crippen LogP contribution in [0, 0.1) is 13.8 Å². The fraction of sp³-hybridized carbons (Fsp3) is 0.500. The van der Waals surface area contributed by atoms with Crippen LogP contribution in [0.25, 0.3) is 0 Å². The van der Waals surface area contributed by atoms with Crippen LogP contribution in [0.2, 0.25) is 0 Å². The van der Waals surface area contributed by atoms with Crippen molar-refractivity contribution in [2.45, 2.75) is 38.8 Å². The number of amides is 1. The highest BCUT2D eigenvalue weighted by atomic mass is 19.4. The lowest BCUT2D eigenvalue weighted by Crippen LogP contribution is -2.38. The van der Waals surface area contributed by atoms with Crippen LogP contribution in [-0.2, 0) is 11.0 Å². The van der Waals surface area contributed by atoms with Crippen LogP contribution in [0.4, 0.5) is 18.9 Å². The summed E-state index contributed by atoms with van der Waals surface area (Å²) in [6.45, 7) is 5.32. The summed E-state index contributed by atoms with van der Waals surface area (Å²) in [5.41, 5.74) is 2.91. The van der Waals surface area contributed by atoms with Gasteiger partial charge < -0.3 is 9.73 Å². The molecule has 0 bridgehead atoms. The first kappa shape index (κ1) is 19.3. The molecule has 0 spiro atoms. The fourth-order valence-corrected chi connectivity index (χ4v) is 3.30. The third kappa shape index (κ3) is 5.06. The Morgan fingerprint density at radius 1 is 1.19 bits per heavy atom. The molecule has 27 heavy (non-hydrogen) atoms. The number of rotatable bonds is 4. The summed E-state index contributed by atoms with van der Waals surface area (Å²) in [5, 5.41) is 9.49. The molecule has 0 radical (unpaired) electrons. The maximum atomic E-state index is 12.6. The third-order valence-electron chi connectivity index (χ3n) is 4.49. The number of nitrogens with zero attached hydrogens (tertiary/aromatic N) is 3. The molecule has 0 saturated carbocycles. The minimum absolute atomic E-state index is 0.0154.